The molecular formula is C22H34O3SSn. The van der Waals surface area contributed by atoms with Crippen molar-refractivity contribution in [1.82, 2.24) is 0 Å². The van der Waals surface area contributed by atoms with E-state index in [1.807, 2.05) is 30.3 Å². The molecule has 2 rings (SSSR count). The quantitative estimate of drug-likeness (QED) is 0.300. The average Bonchev–Trinajstić information content (AvgIpc) is 2.68. The second-order valence-electron chi connectivity index (χ2n) is 7.54. The van der Waals surface area contributed by atoms with Gasteiger partial charge in [-0.25, -0.2) is 0 Å². The molecular weight excluding hydrogens is 463 g/mol. The molecule has 2 aromatic rings. The molecule has 0 N–H and O–H groups in total. The fourth-order valence-corrected chi connectivity index (χ4v) is 22.6. The summed E-state index contributed by atoms with van der Waals surface area (Å²) in [5, 5.41) is 1.99. The van der Waals surface area contributed by atoms with Crippen LogP contribution in [0.25, 0.3) is 10.8 Å². The summed E-state index contributed by atoms with van der Waals surface area (Å²) in [4.78, 5) is 0.312. The molecule has 0 aliphatic rings. The Kier molecular flexibility index (Phi) is 9.09. The maximum atomic E-state index is 13.2. The van der Waals surface area contributed by atoms with Crippen LogP contribution in [0.1, 0.15) is 59.3 Å². The molecule has 27 heavy (non-hydrogen) atoms. The summed E-state index contributed by atoms with van der Waals surface area (Å²) in [5.74, 6) is 0. The first kappa shape index (κ1) is 22.7. The summed E-state index contributed by atoms with van der Waals surface area (Å²) >= 11 is -3.23. The molecule has 0 heterocycles. The van der Waals surface area contributed by atoms with Crippen LogP contribution in [0.3, 0.4) is 0 Å². The van der Waals surface area contributed by atoms with Crippen LogP contribution >= 0.6 is 0 Å². The minimum atomic E-state index is -3.71. The predicted octanol–water partition coefficient (Wildman–Crippen LogP) is 6.89. The molecule has 0 spiro atoms. The molecule has 5 heteroatoms. The molecule has 0 aliphatic heterocycles. The van der Waals surface area contributed by atoms with E-state index in [1.54, 1.807) is 12.1 Å². The number of hydrogen-bond donors (Lipinski definition) is 0. The van der Waals surface area contributed by atoms with E-state index in [0.29, 0.717) is 4.90 Å². The van der Waals surface area contributed by atoms with E-state index < -0.39 is 28.9 Å². The van der Waals surface area contributed by atoms with Crippen molar-refractivity contribution < 1.29 is 10.9 Å². The molecule has 2 aromatic carbocycles. The Morgan fingerprint density at radius 3 is 1.81 bits per heavy atom. The van der Waals surface area contributed by atoms with Crippen LogP contribution < -0.4 is 0 Å². The Morgan fingerprint density at radius 1 is 0.778 bits per heavy atom. The van der Waals surface area contributed by atoms with E-state index in [1.165, 1.54) is 0 Å². The third-order valence-corrected chi connectivity index (χ3v) is 22.4. The van der Waals surface area contributed by atoms with E-state index in [2.05, 4.69) is 20.8 Å². The molecule has 0 amide bonds. The van der Waals surface area contributed by atoms with Crippen molar-refractivity contribution in [2.24, 2.45) is 0 Å². The second kappa shape index (κ2) is 10.8. The van der Waals surface area contributed by atoms with Crippen LogP contribution in [0.2, 0.25) is 13.3 Å². The summed E-state index contributed by atoms with van der Waals surface area (Å²) in [6.07, 6.45) is 6.52. The Hall–Kier alpha value is -0.591. The molecule has 3 nitrogen and oxygen atoms in total. The standard InChI is InChI=1S/C10H8O3S.3C4H9.Sn/c11-14(12,13)10-6-5-8-3-1-2-4-9(8)7-10;3*1-3-4-2;/h1-7H,(H,11,12,13);3*1,3-4H2,2H3;/q;;;;+1/p-1. The summed E-state index contributed by atoms with van der Waals surface area (Å²) in [6.45, 7) is 6.52. The van der Waals surface area contributed by atoms with Gasteiger partial charge in [0.25, 0.3) is 0 Å². The fourth-order valence-electron chi connectivity index (χ4n) is 3.60. The first-order valence-electron chi connectivity index (χ1n) is 10.4. The van der Waals surface area contributed by atoms with Crippen molar-refractivity contribution in [3.05, 3.63) is 42.5 Å². The number of benzene rings is 2. The van der Waals surface area contributed by atoms with Gasteiger partial charge in [0.1, 0.15) is 0 Å². The summed E-state index contributed by atoms with van der Waals surface area (Å²) < 4.78 is 35.7. The first-order chi connectivity index (χ1) is 13.0. The van der Waals surface area contributed by atoms with Gasteiger partial charge in [0.2, 0.25) is 0 Å². The Morgan fingerprint density at radius 2 is 1.30 bits per heavy atom. The van der Waals surface area contributed by atoms with Crippen LogP contribution in [-0.2, 0) is 12.6 Å². The number of rotatable bonds is 12. The van der Waals surface area contributed by atoms with Crippen LogP contribution in [0, 0.1) is 0 Å². The van der Waals surface area contributed by atoms with Gasteiger partial charge in [0.05, 0.1) is 0 Å². The normalized spacial score (nSPS) is 12.6. The summed E-state index contributed by atoms with van der Waals surface area (Å²) in [5.41, 5.74) is 0. The van der Waals surface area contributed by atoms with E-state index in [0.717, 1.165) is 62.6 Å². The topological polar surface area (TPSA) is 43.4 Å². The van der Waals surface area contributed by atoms with E-state index in [4.69, 9.17) is 2.52 Å². The monoisotopic (exact) mass is 498 g/mol. The van der Waals surface area contributed by atoms with Crippen molar-refractivity contribution >= 4 is 39.7 Å². The van der Waals surface area contributed by atoms with Crippen molar-refractivity contribution in [1.29, 1.82) is 0 Å². The van der Waals surface area contributed by atoms with Gasteiger partial charge in [0, 0.05) is 0 Å². The van der Waals surface area contributed by atoms with Crippen molar-refractivity contribution in [3.63, 3.8) is 0 Å². The third-order valence-electron chi connectivity index (χ3n) is 5.25. The molecule has 0 radical (unpaired) electrons. The van der Waals surface area contributed by atoms with Gasteiger partial charge >= 0.3 is 171 Å². The second-order valence-corrected chi connectivity index (χ2v) is 21.5. The van der Waals surface area contributed by atoms with Crippen LogP contribution in [0.5, 0.6) is 0 Å². The summed E-state index contributed by atoms with van der Waals surface area (Å²) in [6, 6.07) is 13.2. The molecule has 0 saturated carbocycles. The fraction of sp³-hybridized carbons (Fsp3) is 0.545. The Balaban J connectivity index is 2.35. The molecule has 0 aliphatic carbocycles. The molecule has 0 atom stereocenters. The van der Waals surface area contributed by atoms with Crippen molar-refractivity contribution in [3.8, 4) is 0 Å². The van der Waals surface area contributed by atoms with Crippen LogP contribution in [-0.4, -0.2) is 27.2 Å². The van der Waals surface area contributed by atoms with Crippen LogP contribution in [0.15, 0.2) is 47.4 Å². The number of unbranched alkanes of at least 4 members (excludes halogenated alkanes) is 3. The van der Waals surface area contributed by atoms with E-state index >= 15 is 0 Å². The third kappa shape index (κ3) is 6.46. The van der Waals surface area contributed by atoms with Gasteiger partial charge in [-0.1, -0.05) is 0 Å². The van der Waals surface area contributed by atoms with Gasteiger partial charge in [-0.15, -0.1) is 0 Å². The maximum absolute atomic E-state index is 13.2. The molecule has 0 aromatic heterocycles. The number of fused-ring (bicyclic) bond motifs is 1. The Bertz CT molecular complexity index is 795. The molecule has 0 saturated heterocycles. The summed E-state index contributed by atoms with van der Waals surface area (Å²) in [7, 11) is -3.71. The van der Waals surface area contributed by atoms with Gasteiger partial charge in [-0.05, 0) is 0 Å². The molecule has 0 fully saturated rings. The molecule has 150 valence electrons. The SMILES string of the molecule is CCC[CH2][Sn]([CH2]CCC)([CH2]CCC)[O]S(=O)(=O)c1ccc2ccccc2c1. The van der Waals surface area contributed by atoms with E-state index in [9.17, 15) is 8.42 Å². The Labute approximate surface area is 170 Å². The van der Waals surface area contributed by atoms with Gasteiger partial charge in [-0.3, -0.25) is 0 Å². The van der Waals surface area contributed by atoms with Gasteiger partial charge in [-0.2, -0.15) is 0 Å². The van der Waals surface area contributed by atoms with Crippen LogP contribution in [0.4, 0.5) is 0 Å². The average molecular weight is 497 g/mol. The van der Waals surface area contributed by atoms with Gasteiger partial charge < -0.3 is 0 Å². The molecule has 0 unspecified atom stereocenters. The zero-order valence-electron chi connectivity index (χ0n) is 17.0. The van der Waals surface area contributed by atoms with E-state index in [-0.39, 0.29) is 0 Å². The first-order valence-corrected chi connectivity index (χ1v) is 19.0. The van der Waals surface area contributed by atoms with Crippen molar-refractivity contribution in [2.75, 3.05) is 0 Å². The minimum absolute atomic E-state index is 0.312. The number of hydrogen-bond acceptors (Lipinski definition) is 3. The zero-order chi connectivity index (χ0) is 19.8. The predicted molar refractivity (Wildman–Crippen MR) is 117 cm³/mol. The zero-order valence-corrected chi connectivity index (χ0v) is 20.7. The van der Waals surface area contributed by atoms with Gasteiger partial charge in [0.15, 0.2) is 0 Å². The van der Waals surface area contributed by atoms with Crippen molar-refractivity contribution in [2.45, 2.75) is 77.5 Å². The molecule has 0 bridgehead atoms.